The van der Waals surface area contributed by atoms with Gasteiger partial charge < -0.3 is 4.74 Å². The van der Waals surface area contributed by atoms with Crippen LogP contribution < -0.4 is 0 Å². The molecule has 23 heavy (non-hydrogen) atoms. The Balaban J connectivity index is 1.93. The number of benzene rings is 1. The van der Waals surface area contributed by atoms with Crippen molar-refractivity contribution in [3.8, 4) is 0 Å². The first-order valence-corrected chi connectivity index (χ1v) is 8.42. The summed E-state index contributed by atoms with van der Waals surface area (Å²) in [6.07, 6.45) is 5.83. The third-order valence-corrected chi connectivity index (χ3v) is 4.40. The molecule has 0 aliphatic heterocycles. The van der Waals surface area contributed by atoms with Crippen LogP contribution in [-0.2, 0) is 20.9 Å². The molecule has 0 aromatic heterocycles. The standard InChI is InChI=1S/C19H25NO3/c1-2-23-18(22)19(12-7-6-11-17(19)21)13-8-14-20-15-16-9-4-3-5-10-16/h3-5,9-10,14H,2,6-8,11-13,15H2,1H3. The zero-order chi connectivity index (χ0) is 16.5. The van der Waals surface area contributed by atoms with Crippen LogP contribution in [0.4, 0.5) is 0 Å². The van der Waals surface area contributed by atoms with Gasteiger partial charge in [0, 0.05) is 6.42 Å². The van der Waals surface area contributed by atoms with Crippen LogP contribution in [0.1, 0.15) is 51.0 Å². The predicted molar refractivity (Wildman–Crippen MR) is 90.4 cm³/mol. The van der Waals surface area contributed by atoms with E-state index in [0.29, 0.717) is 38.8 Å². The van der Waals surface area contributed by atoms with Gasteiger partial charge in [-0.05, 0) is 44.4 Å². The Labute approximate surface area is 138 Å². The van der Waals surface area contributed by atoms with Crippen molar-refractivity contribution in [3.63, 3.8) is 0 Å². The van der Waals surface area contributed by atoms with E-state index in [4.69, 9.17) is 4.74 Å². The maximum absolute atomic E-state index is 12.4. The summed E-state index contributed by atoms with van der Waals surface area (Å²) < 4.78 is 5.18. The number of carbonyl (C=O) groups excluding carboxylic acids is 2. The molecular weight excluding hydrogens is 290 g/mol. The van der Waals surface area contributed by atoms with Crippen molar-refractivity contribution in [3.05, 3.63) is 35.9 Å². The molecular formula is C19H25NO3. The molecule has 0 bridgehead atoms. The summed E-state index contributed by atoms with van der Waals surface area (Å²) in [4.78, 5) is 29.1. The Kier molecular flexibility index (Phi) is 6.51. The Bertz CT molecular complexity index is 553. The smallest absolute Gasteiger partial charge is 0.319 e. The number of ketones is 1. The molecule has 1 aliphatic carbocycles. The molecule has 0 amide bonds. The van der Waals surface area contributed by atoms with Crippen LogP contribution in [0.2, 0.25) is 0 Å². The maximum atomic E-state index is 12.4. The number of Topliss-reactive ketones (excluding diaryl/α,β-unsaturated/α-hetero) is 1. The SMILES string of the molecule is CCOC(=O)C1(CCC=NCc2ccccc2)CCCCC1=O. The van der Waals surface area contributed by atoms with Gasteiger partial charge in [-0.25, -0.2) is 0 Å². The highest BCUT2D eigenvalue weighted by Crippen LogP contribution is 2.38. The van der Waals surface area contributed by atoms with Gasteiger partial charge in [0.05, 0.1) is 13.2 Å². The minimum Gasteiger partial charge on any atom is -0.465 e. The third kappa shape index (κ3) is 4.50. The molecule has 1 atom stereocenters. The summed E-state index contributed by atoms with van der Waals surface area (Å²) in [7, 11) is 0. The Morgan fingerprint density at radius 3 is 2.78 bits per heavy atom. The van der Waals surface area contributed by atoms with Gasteiger partial charge in [0.1, 0.15) is 11.2 Å². The first-order valence-electron chi connectivity index (χ1n) is 8.42. The van der Waals surface area contributed by atoms with Gasteiger partial charge in [0.25, 0.3) is 0 Å². The second-order valence-corrected chi connectivity index (χ2v) is 5.98. The van der Waals surface area contributed by atoms with Crippen LogP contribution >= 0.6 is 0 Å². The lowest BCUT2D eigenvalue weighted by Gasteiger charge is -2.32. The topological polar surface area (TPSA) is 55.7 Å². The first kappa shape index (κ1) is 17.4. The van der Waals surface area contributed by atoms with Gasteiger partial charge in [-0.1, -0.05) is 36.8 Å². The number of ether oxygens (including phenoxy) is 1. The summed E-state index contributed by atoms with van der Waals surface area (Å²) in [6.45, 7) is 2.72. The van der Waals surface area contributed by atoms with Crippen molar-refractivity contribution in [2.45, 2.75) is 52.0 Å². The molecule has 1 saturated carbocycles. The van der Waals surface area contributed by atoms with Crippen LogP contribution in [0.25, 0.3) is 0 Å². The predicted octanol–water partition coefficient (Wildman–Crippen LogP) is 3.73. The number of carbonyl (C=O) groups is 2. The summed E-state index contributed by atoms with van der Waals surface area (Å²) in [5, 5.41) is 0. The number of rotatable bonds is 7. The molecule has 1 aliphatic rings. The highest BCUT2D eigenvalue weighted by molar-refractivity contribution is 6.04. The minimum atomic E-state index is -0.937. The second kappa shape index (κ2) is 8.61. The molecule has 0 saturated heterocycles. The van der Waals surface area contributed by atoms with Gasteiger partial charge in [0.15, 0.2) is 0 Å². The van der Waals surface area contributed by atoms with Gasteiger partial charge in [0.2, 0.25) is 0 Å². The van der Waals surface area contributed by atoms with E-state index in [1.165, 1.54) is 0 Å². The van der Waals surface area contributed by atoms with Crippen molar-refractivity contribution in [2.24, 2.45) is 10.4 Å². The van der Waals surface area contributed by atoms with Crippen molar-refractivity contribution in [2.75, 3.05) is 6.61 Å². The average Bonchev–Trinajstić information content (AvgIpc) is 2.57. The van der Waals surface area contributed by atoms with E-state index in [-0.39, 0.29) is 11.8 Å². The van der Waals surface area contributed by atoms with E-state index >= 15 is 0 Å². The molecule has 1 fully saturated rings. The van der Waals surface area contributed by atoms with Crippen molar-refractivity contribution >= 4 is 18.0 Å². The zero-order valence-corrected chi connectivity index (χ0v) is 13.8. The Hall–Kier alpha value is -1.97. The lowest BCUT2D eigenvalue weighted by molar-refractivity contribution is -0.162. The highest BCUT2D eigenvalue weighted by Gasteiger charge is 2.47. The average molecular weight is 315 g/mol. The quantitative estimate of drug-likeness (QED) is 0.437. The number of nitrogens with zero attached hydrogens (tertiary/aromatic N) is 1. The van der Waals surface area contributed by atoms with E-state index < -0.39 is 5.41 Å². The maximum Gasteiger partial charge on any atom is 0.319 e. The molecule has 0 spiro atoms. The Morgan fingerprint density at radius 2 is 2.09 bits per heavy atom. The first-order chi connectivity index (χ1) is 11.2. The summed E-state index contributed by atoms with van der Waals surface area (Å²) in [5.74, 6) is -0.306. The summed E-state index contributed by atoms with van der Waals surface area (Å²) >= 11 is 0. The second-order valence-electron chi connectivity index (χ2n) is 5.98. The molecule has 4 nitrogen and oxygen atoms in total. The molecule has 124 valence electrons. The van der Waals surface area contributed by atoms with Crippen molar-refractivity contribution < 1.29 is 14.3 Å². The molecule has 2 rings (SSSR count). The van der Waals surface area contributed by atoms with E-state index in [9.17, 15) is 9.59 Å². The van der Waals surface area contributed by atoms with Crippen molar-refractivity contribution in [1.29, 1.82) is 0 Å². The lowest BCUT2D eigenvalue weighted by atomic mass is 9.70. The van der Waals surface area contributed by atoms with E-state index in [0.717, 1.165) is 18.4 Å². The van der Waals surface area contributed by atoms with Crippen LogP contribution in [0.3, 0.4) is 0 Å². The van der Waals surface area contributed by atoms with Gasteiger partial charge in [-0.2, -0.15) is 0 Å². The normalized spacial score (nSPS) is 21.5. The number of hydrogen-bond acceptors (Lipinski definition) is 4. The van der Waals surface area contributed by atoms with Gasteiger partial charge in [-0.15, -0.1) is 0 Å². The van der Waals surface area contributed by atoms with Crippen LogP contribution in [0.15, 0.2) is 35.3 Å². The largest absolute Gasteiger partial charge is 0.465 e. The fourth-order valence-electron chi connectivity index (χ4n) is 3.10. The van der Waals surface area contributed by atoms with Crippen LogP contribution in [0, 0.1) is 5.41 Å². The third-order valence-electron chi connectivity index (χ3n) is 4.40. The van der Waals surface area contributed by atoms with Crippen LogP contribution in [-0.4, -0.2) is 24.6 Å². The van der Waals surface area contributed by atoms with Gasteiger partial charge in [-0.3, -0.25) is 14.6 Å². The molecule has 1 unspecified atom stereocenters. The minimum absolute atomic E-state index is 0.0404. The van der Waals surface area contributed by atoms with E-state index in [2.05, 4.69) is 4.99 Å². The molecule has 0 N–H and O–H groups in total. The lowest BCUT2D eigenvalue weighted by Crippen LogP contribution is -2.43. The monoisotopic (exact) mass is 315 g/mol. The fraction of sp³-hybridized carbons (Fsp3) is 0.526. The number of hydrogen-bond donors (Lipinski definition) is 0. The zero-order valence-electron chi connectivity index (χ0n) is 13.8. The van der Waals surface area contributed by atoms with Crippen molar-refractivity contribution in [1.82, 2.24) is 0 Å². The van der Waals surface area contributed by atoms with E-state index in [1.807, 2.05) is 36.5 Å². The highest BCUT2D eigenvalue weighted by atomic mass is 16.5. The summed E-state index contributed by atoms with van der Waals surface area (Å²) in [5.41, 5.74) is 0.213. The van der Waals surface area contributed by atoms with Crippen LogP contribution in [0.5, 0.6) is 0 Å². The number of esters is 1. The number of aliphatic imine (C=N–C) groups is 1. The molecule has 0 heterocycles. The van der Waals surface area contributed by atoms with Gasteiger partial charge >= 0.3 is 5.97 Å². The molecule has 4 heteroatoms. The molecule has 0 radical (unpaired) electrons. The van der Waals surface area contributed by atoms with E-state index in [1.54, 1.807) is 6.92 Å². The Morgan fingerprint density at radius 1 is 1.30 bits per heavy atom. The fourth-order valence-corrected chi connectivity index (χ4v) is 3.10. The molecule has 1 aromatic rings. The summed E-state index contributed by atoms with van der Waals surface area (Å²) in [6, 6.07) is 10.0. The molecule has 1 aromatic carbocycles.